The maximum absolute atomic E-state index is 11.1. The van der Waals surface area contributed by atoms with E-state index in [1.807, 2.05) is 31.2 Å². The summed E-state index contributed by atoms with van der Waals surface area (Å²) in [5.74, 6) is 0.446. The van der Waals surface area contributed by atoms with Crippen molar-refractivity contribution >= 4 is 17.4 Å². The number of carbonyl (C=O) groups is 1. The van der Waals surface area contributed by atoms with Gasteiger partial charge in [-0.05, 0) is 36.8 Å². The zero-order valence-corrected chi connectivity index (χ0v) is 11.9. The average molecular weight is 280 g/mol. The minimum absolute atomic E-state index is 0.0410. The Balaban J connectivity index is 2.18. The number of nitrogens with zero attached hydrogens (tertiary/aromatic N) is 2. The van der Waals surface area contributed by atoms with E-state index in [1.54, 1.807) is 18.3 Å². The molecule has 1 aromatic heterocycles. The van der Waals surface area contributed by atoms with Gasteiger partial charge in [0, 0.05) is 18.8 Å². The van der Waals surface area contributed by atoms with Gasteiger partial charge in [-0.2, -0.15) is 5.26 Å². The van der Waals surface area contributed by atoms with Crippen LogP contribution in [0.4, 0.5) is 11.5 Å². The van der Waals surface area contributed by atoms with E-state index in [0.29, 0.717) is 11.4 Å². The fourth-order valence-corrected chi connectivity index (χ4v) is 1.99. The second-order valence-electron chi connectivity index (χ2n) is 4.68. The van der Waals surface area contributed by atoms with E-state index in [1.165, 1.54) is 6.92 Å². The molecule has 21 heavy (non-hydrogen) atoms. The Morgan fingerprint density at radius 3 is 2.86 bits per heavy atom. The topological polar surface area (TPSA) is 77.8 Å². The number of rotatable bonds is 4. The molecule has 0 radical (unpaired) electrons. The van der Waals surface area contributed by atoms with Crippen LogP contribution >= 0.6 is 0 Å². The van der Waals surface area contributed by atoms with E-state index in [4.69, 9.17) is 5.26 Å². The SMILES string of the molecule is CC(=O)Nc1cccc(C(C)Nc2ncccc2C#N)c1. The minimum Gasteiger partial charge on any atom is -0.362 e. The minimum atomic E-state index is -0.107. The summed E-state index contributed by atoms with van der Waals surface area (Å²) in [7, 11) is 0. The fourth-order valence-electron chi connectivity index (χ4n) is 1.99. The van der Waals surface area contributed by atoms with Crippen molar-refractivity contribution < 1.29 is 4.79 Å². The van der Waals surface area contributed by atoms with Crippen molar-refractivity contribution in [2.24, 2.45) is 0 Å². The van der Waals surface area contributed by atoms with Crippen molar-refractivity contribution in [2.75, 3.05) is 10.6 Å². The van der Waals surface area contributed by atoms with E-state index in [0.717, 1.165) is 11.3 Å². The van der Waals surface area contributed by atoms with Crippen molar-refractivity contribution in [3.05, 3.63) is 53.7 Å². The maximum atomic E-state index is 11.1. The molecule has 0 saturated heterocycles. The Bertz CT molecular complexity index is 691. The molecule has 2 aromatic rings. The lowest BCUT2D eigenvalue weighted by atomic mass is 10.1. The molecule has 5 nitrogen and oxygen atoms in total. The van der Waals surface area contributed by atoms with Gasteiger partial charge in [-0.1, -0.05) is 12.1 Å². The van der Waals surface area contributed by atoms with Crippen LogP contribution in [0.2, 0.25) is 0 Å². The molecule has 1 atom stereocenters. The number of anilines is 2. The Labute approximate surface area is 123 Å². The van der Waals surface area contributed by atoms with Gasteiger partial charge in [-0.25, -0.2) is 4.98 Å². The van der Waals surface area contributed by atoms with Crippen LogP contribution in [0.15, 0.2) is 42.6 Å². The molecule has 1 unspecified atom stereocenters. The summed E-state index contributed by atoms with van der Waals surface area (Å²) in [6.45, 7) is 3.45. The van der Waals surface area contributed by atoms with Crippen LogP contribution in [0.1, 0.15) is 31.0 Å². The molecule has 2 rings (SSSR count). The third-order valence-electron chi connectivity index (χ3n) is 2.99. The van der Waals surface area contributed by atoms with Crippen LogP contribution in [-0.4, -0.2) is 10.9 Å². The van der Waals surface area contributed by atoms with Crippen LogP contribution in [0.5, 0.6) is 0 Å². The number of hydrogen-bond donors (Lipinski definition) is 2. The van der Waals surface area contributed by atoms with Crippen LogP contribution in [0.3, 0.4) is 0 Å². The summed E-state index contributed by atoms with van der Waals surface area (Å²) in [5.41, 5.74) is 2.24. The lowest BCUT2D eigenvalue weighted by Crippen LogP contribution is -2.10. The highest BCUT2D eigenvalue weighted by molar-refractivity contribution is 5.88. The van der Waals surface area contributed by atoms with E-state index >= 15 is 0 Å². The Morgan fingerprint density at radius 2 is 2.14 bits per heavy atom. The van der Waals surface area contributed by atoms with Gasteiger partial charge < -0.3 is 10.6 Å². The van der Waals surface area contributed by atoms with Gasteiger partial charge >= 0.3 is 0 Å². The van der Waals surface area contributed by atoms with Gasteiger partial charge in [-0.3, -0.25) is 4.79 Å². The summed E-state index contributed by atoms with van der Waals surface area (Å²) in [5, 5.41) is 15.0. The summed E-state index contributed by atoms with van der Waals surface area (Å²) < 4.78 is 0. The number of aromatic nitrogens is 1. The molecule has 1 heterocycles. The predicted molar refractivity (Wildman–Crippen MR) is 81.7 cm³/mol. The van der Waals surface area contributed by atoms with Crippen molar-refractivity contribution in [3.8, 4) is 6.07 Å². The van der Waals surface area contributed by atoms with Gasteiger partial charge in [0.2, 0.25) is 5.91 Å². The summed E-state index contributed by atoms with van der Waals surface area (Å²) >= 11 is 0. The molecule has 0 bridgehead atoms. The van der Waals surface area contributed by atoms with E-state index < -0.39 is 0 Å². The molecule has 1 amide bonds. The maximum Gasteiger partial charge on any atom is 0.221 e. The molecule has 5 heteroatoms. The molecule has 1 aromatic carbocycles. The quantitative estimate of drug-likeness (QED) is 0.902. The van der Waals surface area contributed by atoms with Gasteiger partial charge in [-0.15, -0.1) is 0 Å². The molecule has 0 aliphatic rings. The zero-order chi connectivity index (χ0) is 15.2. The normalized spacial score (nSPS) is 11.3. The second kappa shape index (κ2) is 6.53. The Kier molecular flexibility index (Phi) is 4.52. The van der Waals surface area contributed by atoms with Crippen LogP contribution in [-0.2, 0) is 4.79 Å². The molecule has 0 aliphatic carbocycles. The molecular formula is C16H16N4O. The Morgan fingerprint density at radius 1 is 1.33 bits per heavy atom. The van der Waals surface area contributed by atoms with E-state index in [-0.39, 0.29) is 11.9 Å². The smallest absolute Gasteiger partial charge is 0.221 e. The monoisotopic (exact) mass is 280 g/mol. The number of benzene rings is 1. The van der Waals surface area contributed by atoms with Crippen LogP contribution < -0.4 is 10.6 Å². The second-order valence-corrected chi connectivity index (χ2v) is 4.68. The summed E-state index contributed by atoms with van der Waals surface area (Å²) in [6, 6.07) is 13.1. The molecule has 0 spiro atoms. The zero-order valence-electron chi connectivity index (χ0n) is 11.9. The van der Waals surface area contributed by atoms with Crippen molar-refractivity contribution in [1.82, 2.24) is 4.98 Å². The average Bonchev–Trinajstić information content (AvgIpc) is 2.47. The molecule has 0 aliphatic heterocycles. The Hall–Kier alpha value is -2.87. The molecule has 0 saturated carbocycles. The standard InChI is InChI=1S/C16H16N4O/c1-11(19-16-14(10-17)6-4-8-18-16)13-5-3-7-15(9-13)20-12(2)21/h3-9,11H,1-2H3,(H,18,19)(H,20,21). The first kappa shape index (κ1) is 14.5. The number of pyridine rings is 1. The lowest BCUT2D eigenvalue weighted by molar-refractivity contribution is -0.114. The molecule has 0 fully saturated rings. The van der Waals surface area contributed by atoms with Gasteiger partial charge in [0.05, 0.1) is 11.6 Å². The number of nitrogens with one attached hydrogen (secondary N) is 2. The first-order valence-corrected chi connectivity index (χ1v) is 6.59. The van der Waals surface area contributed by atoms with Gasteiger partial charge in [0.25, 0.3) is 0 Å². The highest BCUT2D eigenvalue weighted by Crippen LogP contribution is 2.22. The number of carbonyl (C=O) groups excluding carboxylic acids is 1. The van der Waals surface area contributed by atoms with Crippen LogP contribution in [0.25, 0.3) is 0 Å². The number of nitriles is 1. The van der Waals surface area contributed by atoms with Crippen molar-refractivity contribution in [3.63, 3.8) is 0 Å². The largest absolute Gasteiger partial charge is 0.362 e. The molecule has 106 valence electrons. The first-order chi connectivity index (χ1) is 10.1. The van der Waals surface area contributed by atoms with Gasteiger partial charge in [0.1, 0.15) is 11.9 Å². The highest BCUT2D eigenvalue weighted by atomic mass is 16.1. The van der Waals surface area contributed by atoms with E-state index in [9.17, 15) is 4.79 Å². The van der Waals surface area contributed by atoms with Crippen molar-refractivity contribution in [2.45, 2.75) is 19.9 Å². The third-order valence-corrected chi connectivity index (χ3v) is 2.99. The molecular weight excluding hydrogens is 264 g/mol. The van der Waals surface area contributed by atoms with Crippen molar-refractivity contribution in [1.29, 1.82) is 5.26 Å². The summed E-state index contributed by atoms with van der Waals surface area (Å²) in [6.07, 6.45) is 1.64. The predicted octanol–water partition coefficient (Wildman–Crippen LogP) is 3.08. The first-order valence-electron chi connectivity index (χ1n) is 6.59. The number of hydrogen-bond acceptors (Lipinski definition) is 4. The number of amides is 1. The third kappa shape index (κ3) is 3.80. The molecule has 2 N–H and O–H groups in total. The fraction of sp³-hybridized carbons (Fsp3) is 0.188. The van der Waals surface area contributed by atoms with Crippen LogP contribution in [0, 0.1) is 11.3 Å². The van der Waals surface area contributed by atoms with Gasteiger partial charge in [0.15, 0.2) is 0 Å². The lowest BCUT2D eigenvalue weighted by Gasteiger charge is -2.16. The summed E-state index contributed by atoms with van der Waals surface area (Å²) in [4.78, 5) is 15.3. The van der Waals surface area contributed by atoms with E-state index in [2.05, 4.69) is 21.7 Å². The highest BCUT2D eigenvalue weighted by Gasteiger charge is 2.10.